The van der Waals surface area contributed by atoms with Gasteiger partial charge < -0.3 is 9.73 Å². The molecule has 0 saturated carbocycles. The minimum absolute atomic E-state index is 0.576. The standard InChI is InChI=1S/C14H11BrN2OS/c15-10-3-5-11(6-4-10)16-9-14-17-8-12(18-14)13-2-1-7-19-13/h1-8,16H,9H2. The Morgan fingerprint density at radius 2 is 2.05 bits per heavy atom. The molecule has 3 aromatic rings. The van der Waals surface area contributed by atoms with Crippen LogP contribution in [0.15, 0.2) is 56.9 Å². The van der Waals surface area contributed by atoms with Gasteiger partial charge in [0.25, 0.3) is 0 Å². The highest BCUT2D eigenvalue weighted by molar-refractivity contribution is 9.10. The number of rotatable bonds is 4. The highest BCUT2D eigenvalue weighted by atomic mass is 79.9. The maximum Gasteiger partial charge on any atom is 0.214 e. The van der Waals surface area contributed by atoms with Crippen molar-refractivity contribution in [3.05, 3.63) is 58.3 Å². The van der Waals surface area contributed by atoms with Crippen LogP contribution in [-0.2, 0) is 6.54 Å². The molecule has 0 fully saturated rings. The Bertz CT molecular complexity index is 646. The Morgan fingerprint density at radius 3 is 2.79 bits per heavy atom. The van der Waals surface area contributed by atoms with Crippen LogP contribution in [0.4, 0.5) is 5.69 Å². The van der Waals surface area contributed by atoms with Crippen LogP contribution in [0.2, 0.25) is 0 Å². The summed E-state index contributed by atoms with van der Waals surface area (Å²) in [5.74, 6) is 1.51. The molecule has 96 valence electrons. The van der Waals surface area contributed by atoms with Crippen LogP contribution in [-0.4, -0.2) is 4.98 Å². The van der Waals surface area contributed by atoms with E-state index in [1.54, 1.807) is 17.5 Å². The van der Waals surface area contributed by atoms with Crippen LogP contribution in [0.1, 0.15) is 5.89 Å². The van der Waals surface area contributed by atoms with Gasteiger partial charge in [-0.1, -0.05) is 22.0 Å². The lowest BCUT2D eigenvalue weighted by Gasteiger charge is -2.03. The molecule has 1 N–H and O–H groups in total. The zero-order valence-corrected chi connectivity index (χ0v) is 12.4. The predicted octanol–water partition coefficient (Wildman–Crippen LogP) is 4.78. The van der Waals surface area contributed by atoms with E-state index in [9.17, 15) is 0 Å². The second-order valence-electron chi connectivity index (χ2n) is 3.96. The van der Waals surface area contributed by atoms with Gasteiger partial charge in [0.2, 0.25) is 5.89 Å². The minimum Gasteiger partial charge on any atom is -0.438 e. The molecule has 0 amide bonds. The first kappa shape index (κ1) is 12.4. The summed E-state index contributed by atoms with van der Waals surface area (Å²) < 4.78 is 6.77. The number of oxazole rings is 1. The first-order valence-electron chi connectivity index (χ1n) is 5.79. The smallest absolute Gasteiger partial charge is 0.214 e. The first-order chi connectivity index (χ1) is 9.31. The molecule has 0 bridgehead atoms. The zero-order valence-electron chi connectivity index (χ0n) is 9.97. The van der Waals surface area contributed by atoms with E-state index in [1.807, 2.05) is 41.8 Å². The van der Waals surface area contributed by atoms with Crippen LogP contribution in [0, 0.1) is 0 Å². The summed E-state index contributed by atoms with van der Waals surface area (Å²) in [5, 5.41) is 5.30. The van der Waals surface area contributed by atoms with E-state index >= 15 is 0 Å². The molecule has 0 aliphatic heterocycles. The molecule has 2 heterocycles. The maximum atomic E-state index is 5.70. The third-order valence-electron chi connectivity index (χ3n) is 2.61. The van der Waals surface area contributed by atoms with E-state index in [-0.39, 0.29) is 0 Å². The summed E-state index contributed by atoms with van der Waals surface area (Å²) in [7, 11) is 0. The normalized spacial score (nSPS) is 10.6. The Balaban J connectivity index is 1.66. The minimum atomic E-state index is 0.576. The van der Waals surface area contributed by atoms with Gasteiger partial charge in [-0.2, -0.15) is 0 Å². The molecule has 0 radical (unpaired) electrons. The highest BCUT2D eigenvalue weighted by Gasteiger charge is 2.06. The van der Waals surface area contributed by atoms with E-state index in [4.69, 9.17) is 4.42 Å². The molecule has 0 unspecified atom stereocenters. The van der Waals surface area contributed by atoms with Gasteiger partial charge in [0.15, 0.2) is 5.76 Å². The second kappa shape index (κ2) is 5.59. The van der Waals surface area contributed by atoms with E-state index in [1.165, 1.54) is 0 Å². The summed E-state index contributed by atoms with van der Waals surface area (Å²) in [6, 6.07) is 12.0. The van der Waals surface area contributed by atoms with Crippen molar-refractivity contribution in [1.82, 2.24) is 4.98 Å². The summed E-state index contributed by atoms with van der Waals surface area (Å²) in [4.78, 5) is 5.37. The van der Waals surface area contributed by atoms with Crippen molar-refractivity contribution >= 4 is 33.0 Å². The Morgan fingerprint density at radius 1 is 1.21 bits per heavy atom. The number of thiophene rings is 1. The van der Waals surface area contributed by atoms with Crippen LogP contribution in [0.5, 0.6) is 0 Å². The number of nitrogens with one attached hydrogen (secondary N) is 1. The molecule has 2 aromatic heterocycles. The lowest BCUT2D eigenvalue weighted by atomic mass is 10.3. The number of benzene rings is 1. The molecule has 0 spiro atoms. The summed E-state index contributed by atoms with van der Waals surface area (Å²) in [6.45, 7) is 0.576. The number of hydrogen-bond acceptors (Lipinski definition) is 4. The van der Waals surface area contributed by atoms with E-state index in [2.05, 4.69) is 26.2 Å². The van der Waals surface area contributed by atoms with Gasteiger partial charge in [-0.25, -0.2) is 4.98 Å². The molecule has 1 aromatic carbocycles. The molecule has 19 heavy (non-hydrogen) atoms. The van der Waals surface area contributed by atoms with Crippen LogP contribution >= 0.6 is 27.3 Å². The monoisotopic (exact) mass is 334 g/mol. The van der Waals surface area contributed by atoms with Crippen molar-refractivity contribution < 1.29 is 4.42 Å². The third kappa shape index (κ3) is 3.05. The Labute approximate surface area is 123 Å². The summed E-state index contributed by atoms with van der Waals surface area (Å²) >= 11 is 5.06. The van der Waals surface area contributed by atoms with Crippen molar-refractivity contribution in [1.29, 1.82) is 0 Å². The van der Waals surface area contributed by atoms with Crippen molar-refractivity contribution in [2.24, 2.45) is 0 Å². The Hall–Kier alpha value is -1.59. The average Bonchev–Trinajstić information content (AvgIpc) is 3.09. The Kier molecular flexibility index (Phi) is 3.66. The first-order valence-corrected chi connectivity index (χ1v) is 7.46. The molecular formula is C14H11BrN2OS. The largest absolute Gasteiger partial charge is 0.438 e. The van der Waals surface area contributed by atoms with Gasteiger partial charge in [0.1, 0.15) is 0 Å². The van der Waals surface area contributed by atoms with Crippen molar-refractivity contribution in [3.63, 3.8) is 0 Å². The molecule has 0 aliphatic carbocycles. The number of halogens is 1. The van der Waals surface area contributed by atoms with Crippen molar-refractivity contribution in [2.45, 2.75) is 6.54 Å². The average molecular weight is 335 g/mol. The SMILES string of the molecule is Brc1ccc(NCc2ncc(-c3cccs3)o2)cc1. The van der Waals surface area contributed by atoms with Crippen molar-refractivity contribution in [3.8, 4) is 10.6 Å². The van der Waals surface area contributed by atoms with Gasteiger partial charge in [-0.15, -0.1) is 11.3 Å². The lowest BCUT2D eigenvalue weighted by molar-refractivity contribution is 0.517. The lowest BCUT2D eigenvalue weighted by Crippen LogP contribution is -1.98. The summed E-state index contributed by atoms with van der Waals surface area (Å²) in [5.41, 5.74) is 1.04. The zero-order chi connectivity index (χ0) is 13.1. The molecular weight excluding hydrogens is 324 g/mol. The number of hydrogen-bond donors (Lipinski definition) is 1. The topological polar surface area (TPSA) is 38.1 Å². The quantitative estimate of drug-likeness (QED) is 0.746. The number of anilines is 1. The molecule has 5 heteroatoms. The van der Waals surface area contributed by atoms with Crippen LogP contribution in [0.25, 0.3) is 10.6 Å². The molecule has 0 aliphatic rings. The second-order valence-corrected chi connectivity index (χ2v) is 5.82. The van der Waals surface area contributed by atoms with E-state index in [0.717, 1.165) is 20.8 Å². The fourth-order valence-corrected chi connectivity index (χ4v) is 2.61. The van der Waals surface area contributed by atoms with Crippen molar-refractivity contribution in [2.75, 3.05) is 5.32 Å². The highest BCUT2D eigenvalue weighted by Crippen LogP contribution is 2.25. The van der Waals surface area contributed by atoms with Gasteiger partial charge in [0.05, 0.1) is 17.6 Å². The van der Waals surface area contributed by atoms with Crippen LogP contribution < -0.4 is 5.32 Å². The maximum absolute atomic E-state index is 5.70. The van der Waals surface area contributed by atoms with Gasteiger partial charge in [-0.05, 0) is 35.7 Å². The third-order valence-corrected chi connectivity index (χ3v) is 4.02. The van der Waals surface area contributed by atoms with Gasteiger partial charge >= 0.3 is 0 Å². The fourth-order valence-electron chi connectivity index (χ4n) is 1.67. The van der Waals surface area contributed by atoms with Gasteiger partial charge in [0, 0.05) is 10.2 Å². The van der Waals surface area contributed by atoms with E-state index < -0.39 is 0 Å². The predicted molar refractivity (Wildman–Crippen MR) is 81.3 cm³/mol. The molecule has 0 saturated heterocycles. The number of nitrogens with zero attached hydrogens (tertiary/aromatic N) is 1. The molecule has 3 nitrogen and oxygen atoms in total. The van der Waals surface area contributed by atoms with E-state index in [0.29, 0.717) is 12.4 Å². The fraction of sp³-hybridized carbons (Fsp3) is 0.0714. The molecule has 3 rings (SSSR count). The molecule has 0 atom stereocenters. The van der Waals surface area contributed by atoms with Gasteiger partial charge in [-0.3, -0.25) is 0 Å². The van der Waals surface area contributed by atoms with Crippen LogP contribution in [0.3, 0.4) is 0 Å². The summed E-state index contributed by atoms with van der Waals surface area (Å²) in [6.07, 6.45) is 1.77. The number of aromatic nitrogens is 1.